The number of benzene rings is 1. The van der Waals surface area contributed by atoms with E-state index in [2.05, 4.69) is 20.9 Å². The molecule has 2 aliphatic heterocycles. The summed E-state index contributed by atoms with van der Waals surface area (Å²) >= 11 is 0. The number of rotatable bonds is 4. The van der Waals surface area contributed by atoms with Gasteiger partial charge in [0.15, 0.2) is 6.61 Å². The topological polar surface area (TPSA) is 82.7 Å². The van der Waals surface area contributed by atoms with Gasteiger partial charge < -0.3 is 25.6 Å². The van der Waals surface area contributed by atoms with Gasteiger partial charge in [0.1, 0.15) is 5.75 Å². The van der Waals surface area contributed by atoms with Gasteiger partial charge in [0.25, 0.3) is 5.91 Å². The van der Waals surface area contributed by atoms with Gasteiger partial charge in [-0.1, -0.05) is 6.42 Å². The Bertz CT molecular complexity index is 614. The first-order valence-electron chi connectivity index (χ1n) is 8.47. The number of nitrogens with one attached hydrogen (secondary N) is 3. The molecule has 0 bridgehead atoms. The molecule has 24 heavy (non-hydrogen) atoms. The summed E-state index contributed by atoms with van der Waals surface area (Å²) in [6.07, 6.45) is 3.79. The van der Waals surface area contributed by atoms with E-state index in [4.69, 9.17) is 4.74 Å². The number of likely N-dealkylation sites (tertiary alicyclic amines) is 1. The van der Waals surface area contributed by atoms with Crippen molar-refractivity contribution in [1.29, 1.82) is 0 Å². The molecular weight excluding hydrogens is 308 g/mol. The van der Waals surface area contributed by atoms with Crippen molar-refractivity contribution in [2.75, 3.05) is 36.9 Å². The van der Waals surface area contributed by atoms with Gasteiger partial charge in [-0.05, 0) is 45.0 Å². The molecule has 7 nitrogen and oxygen atoms in total. The quantitative estimate of drug-likeness (QED) is 0.788. The van der Waals surface area contributed by atoms with Crippen LogP contribution in [0.2, 0.25) is 0 Å². The van der Waals surface area contributed by atoms with Crippen LogP contribution in [0.1, 0.15) is 26.2 Å². The molecule has 3 rings (SSSR count). The number of anilines is 2. The number of nitrogens with zero attached hydrogens (tertiary/aromatic N) is 1. The predicted octanol–water partition coefficient (Wildman–Crippen LogP) is 2.01. The van der Waals surface area contributed by atoms with E-state index in [1.165, 1.54) is 19.3 Å². The van der Waals surface area contributed by atoms with Crippen LogP contribution in [0.3, 0.4) is 0 Å². The molecule has 1 fully saturated rings. The van der Waals surface area contributed by atoms with E-state index >= 15 is 0 Å². The maximum absolute atomic E-state index is 12.1. The first kappa shape index (κ1) is 16.6. The number of amides is 3. The van der Waals surface area contributed by atoms with Gasteiger partial charge in [0, 0.05) is 24.3 Å². The fourth-order valence-corrected chi connectivity index (χ4v) is 3.12. The van der Waals surface area contributed by atoms with Crippen molar-refractivity contribution in [3.63, 3.8) is 0 Å². The number of fused-ring (bicyclic) bond motifs is 1. The van der Waals surface area contributed by atoms with Gasteiger partial charge in [-0.25, -0.2) is 4.79 Å². The van der Waals surface area contributed by atoms with Crippen molar-refractivity contribution < 1.29 is 14.3 Å². The van der Waals surface area contributed by atoms with E-state index in [-0.39, 0.29) is 24.6 Å². The summed E-state index contributed by atoms with van der Waals surface area (Å²) in [6, 6.07) is 5.02. The maximum atomic E-state index is 12.1. The molecule has 0 spiro atoms. The minimum absolute atomic E-state index is 0.00445. The van der Waals surface area contributed by atoms with E-state index < -0.39 is 0 Å². The number of piperidine rings is 1. The SMILES string of the molecule is CC(CN1CCCCC1)NC(=O)Nc1ccc2c(c1)OCC(=O)N2. The molecule has 0 radical (unpaired) electrons. The number of ether oxygens (including phenoxy) is 1. The third-order valence-corrected chi connectivity index (χ3v) is 4.23. The van der Waals surface area contributed by atoms with Gasteiger partial charge in [0.2, 0.25) is 0 Å². The van der Waals surface area contributed by atoms with Gasteiger partial charge in [-0.15, -0.1) is 0 Å². The average molecular weight is 332 g/mol. The van der Waals surface area contributed by atoms with Crippen LogP contribution in [-0.4, -0.2) is 49.1 Å². The summed E-state index contributed by atoms with van der Waals surface area (Å²) in [7, 11) is 0. The Morgan fingerprint density at radius 2 is 2.12 bits per heavy atom. The average Bonchev–Trinajstić information content (AvgIpc) is 2.55. The largest absolute Gasteiger partial charge is 0.482 e. The molecule has 3 amide bonds. The highest BCUT2D eigenvalue weighted by Gasteiger charge is 2.18. The van der Waals surface area contributed by atoms with E-state index in [1.54, 1.807) is 18.2 Å². The van der Waals surface area contributed by atoms with Crippen LogP contribution in [0.5, 0.6) is 5.75 Å². The van der Waals surface area contributed by atoms with Gasteiger partial charge in [-0.3, -0.25) is 4.79 Å². The molecule has 0 saturated carbocycles. The fourth-order valence-electron chi connectivity index (χ4n) is 3.12. The van der Waals surface area contributed by atoms with Crippen molar-refractivity contribution in [3.8, 4) is 5.75 Å². The molecule has 7 heteroatoms. The zero-order valence-electron chi connectivity index (χ0n) is 13.9. The van der Waals surface area contributed by atoms with Gasteiger partial charge >= 0.3 is 6.03 Å². The van der Waals surface area contributed by atoms with Crippen molar-refractivity contribution in [2.45, 2.75) is 32.2 Å². The van der Waals surface area contributed by atoms with Crippen LogP contribution in [0, 0.1) is 0 Å². The van der Waals surface area contributed by atoms with Crippen LogP contribution in [0.15, 0.2) is 18.2 Å². The lowest BCUT2D eigenvalue weighted by molar-refractivity contribution is -0.118. The molecule has 3 N–H and O–H groups in total. The zero-order valence-corrected chi connectivity index (χ0v) is 13.9. The molecule has 0 aliphatic carbocycles. The van der Waals surface area contributed by atoms with E-state index in [0.717, 1.165) is 19.6 Å². The number of hydrogen-bond donors (Lipinski definition) is 3. The molecule has 1 saturated heterocycles. The first-order chi connectivity index (χ1) is 11.6. The van der Waals surface area contributed by atoms with Crippen LogP contribution < -0.4 is 20.7 Å². The van der Waals surface area contributed by atoms with Gasteiger partial charge in [0.05, 0.1) is 5.69 Å². The molecule has 1 aromatic rings. The lowest BCUT2D eigenvalue weighted by Gasteiger charge is -2.29. The molecular formula is C17H24N4O3. The monoisotopic (exact) mass is 332 g/mol. The van der Waals surface area contributed by atoms with Crippen molar-refractivity contribution >= 4 is 23.3 Å². The fraction of sp³-hybridized carbons (Fsp3) is 0.529. The Kier molecular flexibility index (Phi) is 5.20. The Labute approximate surface area is 141 Å². The van der Waals surface area contributed by atoms with E-state index in [0.29, 0.717) is 17.1 Å². The lowest BCUT2D eigenvalue weighted by atomic mass is 10.1. The third kappa shape index (κ3) is 4.38. The van der Waals surface area contributed by atoms with E-state index in [9.17, 15) is 9.59 Å². The summed E-state index contributed by atoms with van der Waals surface area (Å²) in [5.41, 5.74) is 1.25. The summed E-state index contributed by atoms with van der Waals surface area (Å²) in [6.45, 7) is 5.10. The highest BCUT2D eigenvalue weighted by molar-refractivity contribution is 5.96. The summed E-state index contributed by atoms with van der Waals surface area (Å²) in [4.78, 5) is 25.8. The highest BCUT2D eigenvalue weighted by atomic mass is 16.5. The second kappa shape index (κ2) is 7.53. The lowest BCUT2D eigenvalue weighted by Crippen LogP contribution is -2.45. The van der Waals surface area contributed by atoms with Crippen LogP contribution >= 0.6 is 0 Å². The predicted molar refractivity (Wildman–Crippen MR) is 92.5 cm³/mol. The second-order valence-corrected chi connectivity index (χ2v) is 6.41. The molecule has 0 aromatic heterocycles. The molecule has 1 unspecified atom stereocenters. The zero-order chi connectivity index (χ0) is 16.9. The van der Waals surface area contributed by atoms with Crippen molar-refractivity contribution in [3.05, 3.63) is 18.2 Å². The maximum Gasteiger partial charge on any atom is 0.319 e. The van der Waals surface area contributed by atoms with Crippen molar-refractivity contribution in [2.24, 2.45) is 0 Å². The standard InChI is InChI=1S/C17H24N4O3/c1-12(10-21-7-3-2-4-8-21)18-17(23)19-13-5-6-14-15(9-13)24-11-16(22)20-14/h5-6,9,12H,2-4,7-8,10-11H2,1H3,(H,20,22)(H2,18,19,23). The normalized spacial score (nSPS) is 18.8. The van der Waals surface area contributed by atoms with Crippen LogP contribution in [-0.2, 0) is 4.79 Å². The Morgan fingerprint density at radius 3 is 2.92 bits per heavy atom. The molecule has 1 aromatic carbocycles. The highest BCUT2D eigenvalue weighted by Crippen LogP contribution is 2.30. The molecule has 2 aliphatic rings. The Hall–Kier alpha value is -2.28. The van der Waals surface area contributed by atoms with Crippen LogP contribution in [0.4, 0.5) is 16.2 Å². The van der Waals surface area contributed by atoms with Gasteiger partial charge in [-0.2, -0.15) is 0 Å². The second-order valence-electron chi connectivity index (χ2n) is 6.41. The summed E-state index contributed by atoms with van der Waals surface area (Å²) < 4.78 is 5.35. The van der Waals surface area contributed by atoms with Crippen LogP contribution in [0.25, 0.3) is 0 Å². The Balaban J connectivity index is 1.50. The number of urea groups is 1. The van der Waals surface area contributed by atoms with E-state index in [1.807, 2.05) is 6.92 Å². The smallest absolute Gasteiger partial charge is 0.319 e. The molecule has 2 heterocycles. The molecule has 1 atom stereocenters. The number of carbonyl (C=O) groups is 2. The number of hydrogen-bond acceptors (Lipinski definition) is 4. The summed E-state index contributed by atoms with van der Waals surface area (Å²) in [5.74, 6) is 0.390. The van der Waals surface area contributed by atoms with Crippen molar-refractivity contribution in [1.82, 2.24) is 10.2 Å². The summed E-state index contributed by atoms with van der Waals surface area (Å²) in [5, 5.41) is 8.49. The minimum atomic E-state index is -0.237. The third-order valence-electron chi connectivity index (χ3n) is 4.23. The first-order valence-corrected chi connectivity index (χ1v) is 8.47. The molecule has 130 valence electrons. The number of carbonyl (C=O) groups excluding carboxylic acids is 2. The minimum Gasteiger partial charge on any atom is -0.482 e. The Morgan fingerprint density at radius 1 is 1.33 bits per heavy atom.